The van der Waals surface area contributed by atoms with E-state index in [0.29, 0.717) is 17.1 Å². The van der Waals surface area contributed by atoms with E-state index in [1.54, 1.807) is 24.3 Å². The molecule has 7 heteroatoms. The maximum absolute atomic E-state index is 12.1. The Morgan fingerprint density at radius 2 is 1.88 bits per heavy atom. The van der Waals surface area contributed by atoms with Crippen molar-refractivity contribution in [2.75, 3.05) is 5.32 Å². The Morgan fingerprint density at radius 3 is 2.52 bits per heavy atom. The molecule has 0 saturated heterocycles. The van der Waals surface area contributed by atoms with E-state index >= 15 is 0 Å². The molecule has 1 heterocycles. The topological polar surface area (TPSA) is 70.6 Å². The van der Waals surface area contributed by atoms with Crippen LogP contribution in [0.2, 0.25) is 5.02 Å². The van der Waals surface area contributed by atoms with Crippen LogP contribution in [0.15, 0.2) is 58.5 Å². The van der Waals surface area contributed by atoms with Crippen LogP contribution in [0.5, 0.6) is 0 Å². The molecule has 0 fully saturated rings. The van der Waals surface area contributed by atoms with Crippen molar-refractivity contribution >= 4 is 45.9 Å². The van der Waals surface area contributed by atoms with Gasteiger partial charge in [-0.3, -0.25) is 9.59 Å². The number of anilines is 1. The van der Waals surface area contributed by atoms with Gasteiger partial charge in [0.25, 0.3) is 5.24 Å². The number of hydrogen-bond donors (Lipinski definition) is 2. The van der Waals surface area contributed by atoms with Crippen LogP contribution in [0.1, 0.15) is 18.9 Å². The second kappa shape index (κ2) is 7.72. The number of benzene rings is 2. The molecule has 1 aliphatic heterocycles. The molecule has 2 aromatic carbocycles. The fourth-order valence-corrected chi connectivity index (χ4v) is 3.26. The van der Waals surface area contributed by atoms with Gasteiger partial charge in [-0.05, 0) is 53.7 Å². The molecule has 0 radical (unpaired) electrons. The first-order valence-electron chi connectivity index (χ1n) is 7.72. The molecule has 0 saturated carbocycles. The molecule has 2 N–H and O–H groups in total. The van der Waals surface area contributed by atoms with Gasteiger partial charge in [-0.15, -0.1) is 0 Å². The summed E-state index contributed by atoms with van der Waals surface area (Å²) in [4.78, 5) is 24.2. The quantitative estimate of drug-likeness (QED) is 0.777. The maximum Gasteiger partial charge on any atom is 0.288 e. The molecule has 1 unspecified atom stereocenters. The zero-order valence-electron chi connectivity index (χ0n) is 13.5. The molecule has 1 atom stereocenters. The van der Waals surface area contributed by atoms with Crippen LogP contribution in [0.25, 0.3) is 0 Å². The van der Waals surface area contributed by atoms with Crippen molar-refractivity contribution in [3.8, 4) is 0 Å². The number of carbonyl (C=O) groups is 2. The molecule has 3 rings (SSSR count). The van der Waals surface area contributed by atoms with Gasteiger partial charge in [0.1, 0.15) is 0 Å². The number of amides is 2. The van der Waals surface area contributed by atoms with Gasteiger partial charge in [-0.2, -0.15) is 5.10 Å². The van der Waals surface area contributed by atoms with Gasteiger partial charge >= 0.3 is 0 Å². The van der Waals surface area contributed by atoms with Gasteiger partial charge in [0.15, 0.2) is 0 Å². The van der Waals surface area contributed by atoms with Crippen LogP contribution in [0.3, 0.4) is 0 Å². The average molecular weight is 374 g/mol. The van der Waals surface area contributed by atoms with Crippen LogP contribution in [-0.4, -0.2) is 16.9 Å². The highest BCUT2D eigenvalue weighted by Gasteiger charge is 2.21. The first-order chi connectivity index (χ1) is 12.0. The summed E-state index contributed by atoms with van der Waals surface area (Å²) in [6, 6.07) is 14.5. The minimum absolute atomic E-state index is 0.0645. The summed E-state index contributed by atoms with van der Waals surface area (Å²) in [5.74, 6) is -0.00555. The van der Waals surface area contributed by atoms with E-state index in [1.165, 1.54) is 0 Å². The van der Waals surface area contributed by atoms with Gasteiger partial charge in [-0.1, -0.05) is 30.7 Å². The fraction of sp³-hybridized carbons (Fsp3) is 0.167. The van der Waals surface area contributed by atoms with E-state index in [0.717, 1.165) is 27.9 Å². The number of hydrazone groups is 1. The highest BCUT2D eigenvalue weighted by molar-refractivity contribution is 8.13. The van der Waals surface area contributed by atoms with Crippen LogP contribution in [-0.2, 0) is 4.79 Å². The lowest BCUT2D eigenvalue weighted by Crippen LogP contribution is -2.31. The van der Waals surface area contributed by atoms with E-state index in [-0.39, 0.29) is 17.1 Å². The van der Waals surface area contributed by atoms with Crippen LogP contribution in [0.4, 0.5) is 10.5 Å². The lowest BCUT2D eigenvalue weighted by molar-refractivity contribution is -0.121. The number of nitrogens with one attached hydrogen (secondary N) is 2. The second-order valence-electron chi connectivity index (χ2n) is 5.68. The van der Waals surface area contributed by atoms with E-state index in [2.05, 4.69) is 15.8 Å². The largest absolute Gasteiger partial charge is 0.317 e. The average Bonchev–Trinajstić information content (AvgIpc) is 2.58. The number of rotatable bonds is 3. The van der Waals surface area contributed by atoms with Crippen molar-refractivity contribution in [1.82, 2.24) is 5.43 Å². The van der Waals surface area contributed by atoms with Crippen molar-refractivity contribution < 1.29 is 9.59 Å². The zero-order valence-corrected chi connectivity index (χ0v) is 15.0. The predicted octanol–water partition coefficient (Wildman–Crippen LogP) is 4.52. The summed E-state index contributed by atoms with van der Waals surface area (Å²) in [5.41, 5.74) is 4.97. The summed E-state index contributed by atoms with van der Waals surface area (Å²) in [5, 5.41) is 7.43. The molecule has 2 aromatic rings. The molecule has 0 aromatic heterocycles. The number of nitrogens with zero attached hydrogens (tertiary/aromatic N) is 1. The van der Waals surface area contributed by atoms with E-state index in [4.69, 9.17) is 11.6 Å². The summed E-state index contributed by atoms with van der Waals surface area (Å²) in [7, 11) is 0. The number of hydrogen-bond acceptors (Lipinski definition) is 4. The summed E-state index contributed by atoms with van der Waals surface area (Å²) in [6.45, 7) is 1.97. The Labute approximate surface area is 154 Å². The second-order valence-corrected chi connectivity index (χ2v) is 7.17. The molecule has 0 spiro atoms. The molecule has 25 heavy (non-hydrogen) atoms. The molecular weight excluding hydrogens is 358 g/mol. The Balaban J connectivity index is 1.63. The molecule has 2 amide bonds. The summed E-state index contributed by atoms with van der Waals surface area (Å²) in [6.07, 6.45) is 0.426. The Bertz CT molecular complexity index is 819. The molecule has 128 valence electrons. The molecule has 1 aliphatic rings. The fourth-order valence-electron chi connectivity index (χ4n) is 2.48. The number of halogens is 1. The highest BCUT2D eigenvalue weighted by Crippen LogP contribution is 2.23. The Hall–Kier alpha value is -2.31. The van der Waals surface area contributed by atoms with Gasteiger partial charge < -0.3 is 5.32 Å². The molecule has 5 nitrogen and oxygen atoms in total. The van der Waals surface area contributed by atoms with E-state index < -0.39 is 0 Å². The lowest BCUT2D eigenvalue weighted by atomic mass is 9.94. The smallest absolute Gasteiger partial charge is 0.288 e. The lowest BCUT2D eigenvalue weighted by Gasteiger charge is -2.19. The number of carbonyl (C=O) groups excluding carboxylic acids is 2. The normalized spacial score (nSPS) is 16.8. The van der Waals surface area contributed by atoms with Gasteiger partial charge in [0.05, 0.1) is 5.71 Å². The summed E-state index contributed by atoms with van der Waals surface area (Å²) < 4.78 is 0. The minimum Gasteiger partial charge on any atom is -0.317 e. The van der Waals surface area contributed by atoms with Gasteiger partial charge in [0.2, 0.25) is 5.91 Å². The third-order valence-corrected chi connectivity index (χ3v) is 4.76. The predicted molar refractivity (Wildman–Crippen MR) is 101 cm³/mol. The highest BCUT2D eigenvalue weighted by atomic mass is 35.5. The van der Waals surface area contributed by atoms with Crippen LogP contribution >= 0.6 is 23.4 Å². The third-order valence-electron chi connectivity index (χ3n) is 3.71. The first-order valence-corrected chi connectivity index (χ1v) is 8.92. The van der Waals surface area contributed by atoms with Gasteiger partial charge in [0, 0.05) is 27.9 Å². The summed E-state index contributed by atoms with van der Waals surface area (Å²) >= 11 is 6.93. The number of thioether (sulfide) groups is 1. The van der Waals surface area contributed by atoms with Crippen molar-refractivity contribution in [2.24, 2.45) is 11.0 Å². The minimum atomic E-state index is -0.175. The van der Waals surface area contributed by atoms with Crippen LogP contribution < -0.4 is 10.7 Å². The van der Waals surface area contributed by atoms with Crippen molar-refractivity contribution in [1.29, 1.82) is 0 Å². The Kier molecular flexibility index (Phi) is 5.40. The molecule has 0 aliphatic carbocycles. The van der Waals surface area contributed by atoms with Crippen molar-refractivity contribution in [3.63, 3.8) is 0 Å². The van der Waals surface area contributed by atoms with Gasteiger partial charge in [-0.25, -0.2) is 5.43 Å². The Morgan fingerprint density at radius 1 is 1.20 bits per heavy atom. The SMILES string of the molecule is CC1CC(=O)NN=C1c1ccc(NC(=O)Sc2ccc(Cl)cc2)cc1. The maximum atomic E-state index is 12.1. The van der Waals surface area contributed by atoms with Crippen molar-refractivity contribution in [2.45, 2.75) is 18.2 Å². The van der Waals surface area contributed by atoms with Crippen LogP contribution in [0, 0.1) is 5.92 Å². The van der Waals surface area contributed by atoms with E-state index in [1.807, 2.05) is 31.2 Å². The van der Waals surface area contributed by atoms with Crippen molar-refractivity contribution in [3.05, 3.63) is 59.1 Å². The standard InChI is InChI=1S/C18H16ClN3O2S/c1-11-10-16(23)21-22-17(11)12-2-6-14(7-3-12)20-18(24)25-15-8-4-13(19)5-9-15/h2-9,11H,10H2,1H3,(H,20,24)(H,21,23). The van der Waals surface area contributed by atoms with E-state index in [9.17, 15) is 9.59 Å². The third kappa shape index (κ3) is 4.61. The monoisotopic (exact) mass is 373 g/mol. The zero-order chi connectivity index (χ0) is 17.8. The first kappa shape index (κ1) is 17.5. The molecular formula is C18H16ClN3O2S. The molecule has 0 bridgehead atoms.